The van der Waals surface area contributed by atoms with Gasteiger partial charge in [-0.2, -0.15) is 0 Å². The van der Waals surface area contributed by atoms with Crippen LogP contribution in [0.1, 0.15) is 0 Å². The minimum atomic E-state index is 0.352. The number of hydrogen-bond donors (Lipinski definition) is 1. The molecule has 80 valence electrons. The Labute approximate surface area is 94.9 Å². The minimum absolute atomic E-state index is 0.352. The van der Waals surface area contributed by atoms with E-state index in [4.69, 9.17) is 0 Å². The number of carbonyl (C=O) groups is 1. The zero-order valence-corrected chi connectivity index (χ0v) is 8.89. The number of nitrogens with one attached hydrogen (secondary N) is 1. The Morgan fingerprint density at radius 2 is 1.50 bits per heavy atom. The van der Waals surface area contributed by atoms with Gasteiger partial charge in [0.2, 0.25) is 0 Å². The average molecular weight is 211 g/mol. The third-order valence-corrected chi connectivity index (χ3v) is 2.38. The number of benzene rings is 2. The highest BCUT2D eigenvalue weighted by Gasteiger charge is 1.96. The lowest BCUT2D eigenvalue weighted by Gasteiger charge is -2.04. The summed E-state index contributed by atoms with van der Waals surface area (Å²) in [6.45, 7) is 0.352. The van der Waals surface area contributed by atoms with E-state index in [1.54, 1.807) is 0 Å². The smallest absolute Gasteiger partial charge is 0.139 e. The first-order valence-corrected chi connectivity index (χ1v) is 5.23. The monoisotopic (exact) mass is 211 g/mol. The van der Waals surface area contributed by atoms with Gasteiger partial charge in [-0.3, -0.25) is 0 Å². The Morgan fingerprint density at radius 3 is 2.12 bits per heavy atom. The molecule has 0 fully saturated rings. The van der Waals surface area contributed by atoms with Crippen LogP contribution < -0.4 is 5.32 Å². The molecule has 1 N–H and O–H groups in total. The van der Waals surface area contributed by atoms with Crippen molar-refractivity contribution in [3.8, 4) is 11.1 Å². The summed E-state index contributed by atoms with van der Waals surface area (Å²) >= 11 is 0. The molecule has 0 saturated carbocycles. The quantitative estimate of drug-likeness (QED) is 0.788. The predicted octanol–water partition coefficient (Wildman–Crippen LogP) is 2.96. The van der Waals surface area contributed by atoms with Gasteiger partial charge in [-0.15, -0.1) is 0 Å². The normalized spacial score (nSPS) is 9.75. The largest absolute Gasteiger partial charge is 0.378 e. The van der Waals surface area contributed by atoms with Gasteiger partial charge in [0, 0.05) is 5.69 Å². The van der Waals surface area contributed by atoms with E-state index in [-0.39, 0.29) is 0 Å². The molecule has 0 amide bonds. The van der Waals surface area contributed by atoms with Gasteiger partial charge >= 0.3 is 0 Å². The van der Waals surface area contributed by atoms with Crippen molar-refractivity contribution in [2.24, 2.45) is 0 Å². The van der Waals surface area contributed by atoms with Crippen molar-refractivity contribution in [2.75, 3.05) is 11.9 Å². The first kappa shape index (κ1) is 10.4. The van der Waals surface area contributed by atoms with E-state index in [1.807, 2.05) is 42.5 Å². The number of anilines is 1. The van der Waals surface area contributed by atoms with Crippen LogP contribution in [0.3, 0.4) is 0 Å². The maximum Gasteiger partial charge on any atom is 0.139 e. The number of aldehydes is 1. The third-order valence-electron chi connectivity index (χ3n) is 2.38. The molecule has 0 aliphatic heterocycles. The zero-order chi connectivity index (χ0) is 11.2. The summed E-state index contributed by atoms with van der Waals surface area (Å²) in [4.78, 5) is 10.2. The molecule has 16 heavy (non-hydrogen) atoms. The van der Waals surface area contributed by atoms with Crippen molar-refractivity contribution in [1.82, 2.24) is 0 Å². The lowest BCUT2D eigenvalue weighted by molar-refractivity contribution is -0.106. The van der Waals surface area contributed by atoms with E-state index in [0.717, 1.165) is 12.0 Å². The second kappa shape index (κ2) is 5.12. The van der Waals surface area contributed by atoms with Gasteiger partial charge in [-0.25, -0.2) is 0 Å². The van der Waals surface area contributed by atoms with Crippen molar-refractivity contribution in [2.45, 2.75) is 0 Å². The highest BCUT2D eigenvalue weighted by molar-refractivity contribution is 5.67. The molecule has 0 aromatic heterocycles. The molecule has 0 aliphatic rings. The summed E-state index contributed by atoms with van der Waals surface area (Å²) in [6.07, 6.45) is 0.852. The third kappa shape index (κ3) is 2.48. The van der Waals surface area contributed by atoms with E-state index < -0.39 is 0 Å². The molecule has 2 heteroatoms. The lowest BCUT2D eigenvalue weighted by atomic mass is 10.1. The van der Waals surface area contributed by atoms with Crippen LogP contribution in [0.25, 0.3) is 11.1 Å². The first-order valence-electron chi connectivity index (χ1n) is 5.23. The molecular weight excluding hydrogens is 198 g/mol. The number of carbonyl (C=O) groups excluding carboxylic acids is 1. The Morgan fingerprint density at radius 1 is 0.875 bits per heavy atom. The molecule has 2 aromatic rings. The Hall–Kier alpha value is -2.09. The summed E-state index contributed by atoms with van der Waals surface area (Å²) < 4.78 is 0. The Balaban J connectivity index is 2.16. The van der Waals surface area contributed by atoms with Crippen LogP contribution in [0, 0.1) is 0 Å². The molecule has 0 radical (unpaired) electrons. The Kier molecular flexibility index (Phi) is 3.34. The van der Waals surface area contributed by atoms with Crippen LogP contribution in [0.4, 0.5) is 5.69 Å². The number of rotatable bonds is 4. The molecule has 0 aliphatic carbocycles. The summed E-state index contributed by atoms with van der Waals surface area (Å²) in [5.41, 5.74) is 3.34. The molecule has 2 aromatic carbocycles. The average Bonchev–Trinajstić information content (AvgIpc) is 2.38. The van der Waals surface area contributed by atoms with Crippen LogP contribution in [-0.4, -0.2) is 12.8 Å². The maximum absolute atomic E-state index is 10.2. The van der Waals surface area contributed by atoms with Crippen LogP contribution in [0.2, 0.25) is 0 Å². The minimum Gasteiger partial charge on any atom is -0.378 e. The van der Waals surface area contributed by atoms with Crippen LogP contribution >= 0.6 is 0 Å². The predicted molar refractivity (Wildman–Crippen MR) is 66.4 cm³/mol. The van der Waals surface area contributed by atoms with E-state index >= 15 is 0 Å². The summed E-state index contributed by atoms with van der Waals surface area (Å²) in [7, 11) is 0. The number of hydrogen-bond acceptors (Lipinski definition) is 2. The van der Waals surface area contributed by atoms with Crippen molar-refractivity contribution in [3.05, 3.63) is 54.6 Å². The molecule has 0 atom stereocenters. The first-order chi connectivity index (χ1) is 7.90. The Bertz CT molecular complexity index is 448. The summed E-state index contributed by atoms with van der Waals surface area (Å²) in [6, 6.07) is 18.2. The van der Waals surface area contributed by atoms with Crippen molar-refractivity contribution in [1.29, 1.82) is 0 Å². The SMILES string of the molecule is O=CCNc1ccc(-c2ccccc2)cc1. The molecule has 2 rings (SSSR count). The van der Waals surface area contributed by atoms with E-state index in [1.165, 1.54) is 11.1 Å². The van der Waals surface area contributed by atoms with Gasteiger partial charge in [0.1, 0.15) is 6.29 Å². The van der Waals surface area contributed by atoms with E-state index in [0.29, 0.717) is 6.54 Å². The van der Waals surface area contributed by atoms with Gasteiger partial charge in [0.25, 0.3) is 0 Å². The fraction of sp³-hybridized carbons (Fsp3) is 0.0714. The molecule has 0 spiro atoms. The van der Waals surface area contributed by atoms with Crippen molar-refractivity contribution in [3.63, 3.8) is 0 Å². The van der Waals surface area contributed by atoms with Gasteiger partial charge in [-0.05, 0) is 23.3 Å². The molecule has 0 unspecified atom stereocenters. The second-order valence-corrected chi connectivity index (χ2v) is 3.49. The van der Waals surface area contributed by atoms with E-state index in [9.17, 15) is 4.79 Å². The molecule has 2 nitrogen and oxygen atoms in total. The van der Waals surface area contributed by atoms with E-state index in [2.05, 4.69) is 17.4 Å². The lowest BCUT2D eigenvalue weighted by Crippen LogP contribution is -2.01. The zero-order valence-electron chi connectivity index (χ0n) is 8.89. The van der Waals surface area contributed by atoms with Crippen LogP contribution in [0.15, 0.2) is 54.6 Å². The van der Waals surface area contributed by atoms with Crippen LogP contribution in [0.5, 0.6) is 0 Å². The maximum atomic E-state index is 10.2. The highest BCUT2D eigenvalue weighted by atomic mass is 16.1. The topological polar surface area (TPSA) is 29.1 Å². The molecular formula is C14H13NO. The molecule has 0 heterocycles. The fourth-order valence-electron chi connectivity index (χ4n) is 1.57. The van der Waals surface area contributed by atoms with Gasteiger partial charge in [-0.1, -0.05) is 42.5 Å². The summed E-state index contributed by atoms with van der Waals surface area (Å²) in [5.74, 6) is 0. The highest BCUT2D eigenvalue weighted by Crippen LogP contribution is 2.20. The van der Waals surface area contributed by atoms with Gasteiger partial charge < -0.3 is 10.1 Å². The van der Waals surface area contributed by atoms with Gasteiger partial charge in [0.15, 0.2) is 0 Å². The fourth-order valence-corrected chi connectivity index (χ4v) is 1.57. The second-order valence-electron chi connectivity index (χ2n) is 3.49. The van der Waals surface area contributed by atoms with Gasteiger partial charge in [0.05, 0.1) is 6.54 Å². The molecule has 0 bridgehead atoms. The van der Waals surface area contributed by atoms with Crippen molar-refractivity contribution < 1.29 is 4.79 Å². The molecule has 0 saturated heterocycles. The summed E-state index contributed by atoms with van der Waals surface area (Å²) in [5, 5.41) is 3.00. The van der Waals surface area contributed by atoms with Crippen molar-refractivity contribution >= 4 is 12.0 Å². The standard InChI is InChI=1S/C14H13NO/c16-11-10-15-14-8-6-13(7-9-14)12-4-2-1-3-5-12/h1-9,11,15H,10H2. The van der Waals surface area contributed by atoms with Crippen LogP contribution in [-0.2, 0) is 4.79 Å².